The molecule has 3 N–H and O–H groups in total. The lowest BCUT2D eigenvalue weighted by atomic mass is 9.92. The molecule has 2 atom stereocenters. The molecule has 0 aliphatic heterocycles. The Morgan fingerprint density at radius 3 is 2.65 bits per heavy atom. The number of benzene rings is 1. The molecule has 0 radical (unpaired) electrons. The molecule has 4 nitrogen and oxygen atoms in total. The Balaban J connectivity index is 1.82. The van der Waals surface area contributed by atoms with E-state index >= 15 is 0 Å². The fourth-order valence-corrected chi connectivity index (χ4v) is 3.73. The van der Waals surface area contributed by atoms with Crippen LogP contribution in [0.3, 0.4) is 0 Å². The van der Waals surface area contributed by atoms with E-state index in [-0.39, 0.29) is 11.9 Å². The van der Waals surface area contributed by atoms with Gasteiger partial charge in [0, 0.05) is 16.6 Å². The number of aromatic nitrogens is 1. The van der Waals surface area contributed by atoms with Crippen LogP contribution < -0.4 is 5.32 Å². The average Bonchev–Trinajstić information content (AvgIpc) is 2.84. The SMILES string of the molecule is Cc1[nH]c2c(C)ccc(C)c2c1CC(=O)NC1CCCCC1O. The summed E-state index contributed by atoms with van der Waals surface area (Å²) in [4.78, 5) is 15.9. The van der Waals surface area contributed by atoms with Crippen molar-refractivity contribution in [3.05, 3.63) is 34.5 Å². The van der Waals surface area contributed by atoms with Gasteiger partial charge in [-0.2, -0.15) is 0 Å². The van der Waals surface area contributed by atoms with Crippen molar-refractivity contribution in [1.29, 1.82) is 0 Å². The standard InChI is InChI=1S/C19H26N2O2/c1-11-8-9-12(2)19-18(11)14(13(3)20-19)10-17(23)21-15-6-4-5-7-16(15)22/h8-9,15-16,20,22H,4-7,10H2,1-3H3,(H,21,23). The molecule has 2 aromatic rings. The summed E-state index contributed by atoms with van der Waals surface area (Å²) in [5, 5.41) is 14.2. The van der Waals surface area contributed by atoms with Crippen LogP contribution in [0, 0.1) is 20.8 Å². The number of nitrogens with one attached hydrogen (secondary N) is 2. The van der Waals surface area contributed by atoms with Crippen molar-refractivity contribution >= 4 is 16.8 Å². The summed E-state index contributed by atoms with van der Waals surface area (Å²) in [6.45, 7) is 6.19. The van der Waals surface area contributed by atoms with Crippen molar-refractivity contribution in [2.75, 3.05) is 0 Å². The van der Waals surface area contributed by atoms with Crippen molar-refractivity contribution < 1.29 is 9.90 Å². The molecular weight excluding hydrogens is 288 g/mol. The lowest BCUT2D eigenvalue weighted by molar-refractivity contribution is -0.122. The van der Waals surface area contributed by atoms with Gasteiger partial charge >= 0.3 is 0 Å². The normalized spacial score (nSPS) is 21.6. The van der Waals surface area contributed by atoms with E-state index in [0.29, 0.717) is 6.42 Å². The zero-order chi connectivity index (χ0) is 16.6. The van der Waals surface area contributed by atoms with Gasteiger partial charge in [-0.25, -0.2) is 0 Å². The lowest BCUT2D eigenvalue weighted by Crippen LogP contribution is -2.45. The number of hydrogen-bond donors (Lipinski definition) is 3. The molecule has 1 saturated carbocycles. The minimum absolute atomic E-state index is 0.000793. The van der Waals surface area contributed by atoms with Crippen molar-refractivity contribution in [2.45, 2.75) is 65.0 Å². The molecular formula is C19H26N2O2. The number of aliphatic hydroxyl groups excluding tert-OH is 1. The fourth-order valence-electron chi connectivity index (χ4n) is 3.73. The minimum atomic E-state index is -0.402. The van der Waals surface area contributed by atoms with Gasteiger partial charge in [0.15, 0.2) is 0 Å². The quantitative estimate of drug-likeness (QED) is 0.815. The Morgan fingerprint density at radius 2 is 1.91 bits per heavy atom. The lowest BCUT2D eigenvalue weighted by Gasteiger charge is -2.28. The van der Waals surface area contributed by atoms with Gasteiger partial charge in [-0.05, 0) is 50.3 Å². The second-order valence-electron chi connectivity index (χ2n) is 6.88. The maximum Gasteiger partial charge on any atom is 0.224 e. The Hall–Kier alpha value is -1.81. The van der Waals surface area contributed by atoms with Gasteiger partial charge in [0.05, 0.1) is 18.6 Å². The molecule has 0 spiro atoms. The predicted octanol–water partition coefficient (Wildman–Crippen LogP) is 3.06. The van der Waals surface area contributed by atoms with E-state index < -0.39 is 6.10 Å². The van der Waals surface area contributed by atoms with Crippen LogP contribution in [0.1, 0.15) is 48.1 Å². The van der Waals surface area contributed by atoms with E-state index in [1.807, 2.05) is 6.92 Å². The summed E-state index contributed by atoms with van der Waals surface area (Å²) in [5.41, 5.74) is 5.64. The van der Waals surface area contributed by atoms with Gasteiger partial charge in [0.25, 0.3) is 0 Å². The molecule has 2 unspecified atom stereocenters. The molecule has 23 heavy (non-hydrogen) atoms. The van der Waals surface area contributed by atoms with Gasteiger partial charge < -0.3 is 15.4 Å². The Morgan fingerprint density at radius 1 is 1.22 bits per heavy atom. The molecule has 0 bridgehead atoms. The fraction of sp³-hybridized carbons (Fsp3) is 0.526. The van der Waals surface area contributed by atoms with Crippen molar-refractivity contribution in [3.8, 4) is 0 Å². The molecule has 1 aliphatic carbocycles. The number of carbonyl (C=O) groups excluding carboxylic acids is 1. The number of H-pyrrole nitrogens is 1. The Labute approximate surface area is 137 Å². The van der Waals surface area contributed by atoms with Crippen LogP contribution in [0.5, 0.6) is 0 Å². The highest BCUT2D eigenvalue weighted by atomic mass is 16.3. The van der Waals surface area contributed by atoms with Gasteiger partial charge in [-0.15, -0.1) is 0 Å². The zero-order valence-corrected chi connectivity index (χ0v) is 14.2. The number of fused-ring (bicyclic) bond motifs is 1. The number of amides is 1. The number of aliphatic hydroxyl groups is 1. The monoisotopic (exact) mass is 314 g/mol. The highest BCUT2D eigenvalue weighted by Crippen LogP contribution is 2.28. The van der Waals surface area contributed by atoms with Crippen LogP contribution in [-0.2, 0) is 11.2 Å². The minimum Gasteiger partial charge on any atom is -0.391 e. The number of hydrogen-bond acceptors (Lipinski definition) is 2. The third-order valence-corrected chi connectivity index (χ3v) is 5.10. The number of rotatable bonds is 3. The zero-order valence-electron chi connectivity index (χ0n) is 14.2. The second kappa shape index (κ2) is 6.36. The third kappa shape index (κ3) is 3.13. The Bertz CT molecular complexity index is 733. The summed E-state index contributed by atoms with van der Waals surface area (Å²) in [6, 6.07) is 4.12. The van der Waals surface area contributed by atoms with Gasteiger partial charge in [-0.3, -0.25) is 4.79 Å². The first kappa shape index (κ1) is 16.1. The first-order valence-corrected chi connectivity index (χ1v) is 8.52. The van der Waals surface area contributed by atoms with Gasteiger partial charge in [0.2, 0.25) is 5.91 Å². The van der Waals surface area contributed by atoms with Crippen LogP contribution in [0.25, 0.3) is 10.9 Å². The van der Waals surface area contributed by atoms with E-state index in [1.54, 1.807) is 0 Å². The highest BCUT2D eigenvalue weighted by Gasteiger charge is 2.25. The smallest absolute Gasteiger partial charge is 0.224 e. The number of aryl methyl sites for hydroxylation is 3. The van der Waals surface area contributed by atoms with Crippen molar-refractivity contribution in [3.63, 3.8) is 0 Å². The topological polar surface area (TPSA) is 65.1 Å². The third-order valence-electron chi connectivity index (χ3n) is 5.10. The summed E-state index contributed by atoms with van der Waals surface area (Å²) in [6.07, 6.45) is 3.74. The van der Waals surface area contributed by atoms with E-state index in [2.05, 4.69) is 36.3 Å². The largest absolute Gasteiger partial charge is 0.391 e. The molecule has 124 valence electrons. The summed E-state index contributed by atoms with van der Waals surface area (Å²) in [5.74, 6) is 0.000793. The van der Waals surface area contributed by atoms with Crippen LogP contribution in [0.2, 0.25) is 0 Å². The summed E-state index contributed by atoms with van der Waals surface area (Å²) < 4.78 is 0. The molecule has 3 rings (SSSR count). The first-order chi connectivity index (χ1) is 11.0. The number of carbonyl (C=O) groups is 1. The van der Waals surface area contributed by atoms with Gasteiger partial charge in [0.1, 0.15) is 0 Å². The van der Waals surface area contributed by atoms with Crippen molar-refractivity contribution in [2.24, 2.45) is 0 Å². The van der Waals surface area contributed by atoms with E-state index in [1.165, 1.54) is 16.5 Å². The number of aromatic amines is 1. The van der Waals surface area contributed by atoms with Crippen LogP contribution in [0.15, 0.2) is 12.1 Å². The van der Waals surface area contributed by atoms with Crippen molar-refractivity contribution in [1.82, 2.24) is 10.3 Å². The Kier molecular flexibility index (Phi) is 4.44. The van der Waals surface area contributed by atoms with Crippen LogP contribution >= 0.6 is 0 Å². The molecule has 1 aromatic carbocycles. The maximum atomic E-state index is 12.5. The predicted molar refractivity (Wildman–Crippen MR) is 92.6 cm³/mol. The molecule has 1 fully saturated rings. The molecule has 0 saturated heterocycles. The average molecular weight is 314 g/mol. The summed E-state index contributed by atoms with van der Waals surface area (Å²) in [7, 11) is 0. The van der Waals surface area contributed by atoms with E-state index in [9.17, 15) is 9.90 Å². The van der Waals surface area contributed by atoms with Crippen LogP contribution in [0.4, 0.5) is 0 Å². The molecule has 1 aromatic heterocycles. The summed E-state index contributed by atoms with van der Waals surface area (Å²) >= 11 is 0. The maximum absolute atomic E-state index is 12.5. The molecule has 1 aliphatic rings. The van der Waals surface area contributed by atoms with E-state index in [0.717, 1.165) is 42.5 Å². The van der Waals surface area contributed by atoms with Crippen LogP contribution in [-0.4, -0.2) is 28.1 Å². The molecule has 1 heterocycles. The van der Waals surface area contributed by atoms with Gasteiger partial charge in [-0.1, -0.05) is 25.0 Å². The molecule has 1 amide bonds. The molecule has 4 heteroatoms. The van der Waals surface area contributed by atoms with E-state index in [4.69, 9.17) is 0 Å². The highest BCUT2D eigenvalue weighted by molar-refractivity contribution is 5.93. The first-order valence-electron chi connectivity index (χ1n) is 8.52. The second-order valence-corrected chi connectivity index (χ2v) is 6.88.